The Hall–Kier alpha value is -0.950. The maximum Gasteiger partial charge on any atom is 0.312 e. The van der Waals surface area contributed by atoms with Crippen molar-refractivity contribution in [3.05, 3.63) is 0 Å². The number of urea groups is 1. The predicted molar refractivity (Wildman–Crippen MR) is 64.9 cm³/mol. The molecule has 0 saturated carbocycles. The molecule has 1 aliphatic rings. The van der Waals surface area contributed by atoms with Gasteiger partial charge in [0.25, 0.3) is 0 Å². The van der Waals surface area contributed by atoms with E-state index in [2.05, 4.69) is 5.32 Å². The van der Waals surface area contributed by atoms with Crippen LogP contribution < -0.4 is 11.1 Å². The fourth-order valence-corrected chi connectivity index (χ4v) is 3.32. The normalized spacial score (nSPS) is 27.9. The monoisotopic (exact) mass is 262 g/mol. The number of carbonyl (C=O) groups excluding carboxylic acids is 1. The van der Waals surface area contributed by atoms with E-state index < -0.39 is 18.1 Å². The SMILES string of the molecule is NC(=O)N[C@H]1CS[C@H](CCCCC(=O)O)[C@H]1O. The summed E-state index contributed by atoms with van der Waals surface area (Å²) in [6, 6.07) is -0.914. The minimum Gasteiger partial charge on any atom is -0.481 e. The lowest BCUT2D eigenvalue weighted by atomic mass is 10.0. The molecule has 6 nitrogen and oxygen atoms in total. The van der Waals surface area contributed by atoms with Crippen LogP contribution in [0, 0.1) is 0 Å². The highest BCUT2D eigenvalue weighted by molar-refractivity contribution is 8.00. The summed E-state index contributed by atoms with van der Waals surface area (Å²) in [6.45, 7) is 0. The standard InChI is InChI=1S/C10H18N2O4S/c11-10(16)12-6-5-17-7(9(6)15)3-1-2-4-8(13)14/h6-7,9,15H,1-5H2,(H,13,14)(H3,11,12,16)/t6-,7+,9-/m0/s1. The van der Waals surface area contributed by atoms with E-state index in [-0.39, 0.29) is 17.7 Å². The third-order valence-electron chi connectivity index (χ3n) is 2.74. The van der Waals surface area contributed by atoms with Crippen LogP contribution in [0.2, 0.25) is 0 Å². The summed E-state index contributed by atoms with van der Waals surface area (Å²) in [5, 5.41) is 20.9. The van der Waals surface area contributed by atoms with Crippen molar-refractivity contribution < 1.29 is 19.8 Å². The molecule has 1 saturated heterocycles. The topological polar surface area (TPSA) is 113 Å². The minimum atomic E-state index is -0.794. The first-order valence-electron chi connectivity index (χ1n) is 5.58. The van der Waals surface area contributed by atoms with Crippen molar-refractivity contribution in [2.75, 3.05) is 5.75 Å². The number of aliphatic hydroxyl groups excluding tert-OH is 1. The number of nitrogens with one attached hydrogen (secondary N) is 1. The molecule has 17 heavy (non-hydrogen) atoms. The van der Waals surface area contributed by atoms with Crippen LogP contribution in [0.5, 0.6) is 0 Å². The van der Waals surface area contributed by atoms with Crippen molar-refractivity contribution >= 4 is 23.8 Å². The maximum atomic E-state index is 10.7. The zero-order valence-electron chi connectivity index (χ0n) is 9.46. The number of primary amides is 1. The van der Waals surface area contributed by atoms with Crippen molar-refractivity contribution in [3.63, 3.8) is 0 Å². The molecule has 0 bridgehead atoms. The molecule has 1 fully saturated rings. The molecule has 0 aliphatic carbocycles. The van der Waals surface area contributed by atoms with Gasteiger partial charge in [-0.3, -0.25) is 4.79 Å². The van der Waals surface area contributed by atoms with Gasteiger partial charge in [0.15, 0.2) is 0 Å². The average Bonchev–Trinajstić information content (AvgIpc) is 2.55. The number of rotatable bonds is 6. The highest BCUT2D eigenvalue weighted by Gasteiger charge is 2.35. The van der Waals surface area contributed by atoms with Gasteiger partial charge in [-0.2, -0.15) is 11.8 Å². The second-order valence-corrected chi connectivity index (χ2v) is 5.39. The van der Waals surface area contributed by atoms with Gasteiger partial charge >= 0.3 is 12.0 Å². The Morgan fingerprint density at radius 1 is 1.41 bits per heavy atom. The van der Waals surface area contributed by atoms with Gasteiger partial charge in [0.2, 0.25) is 0 Å². The lowest BCUT2D eigenvalue weighted by molar-refractivity contribution is -0.137. The lowest BCUT2D eigenvalue weighted by Crippen LogP contribution is -2.46. The summed E-state index contributed by atoms with van der Waals surface area (Å²) in [6.07, 6.45) is 1.71. The van der Waals surface area contributed by atoms with Gasteiger partial charge in [0, 0.05) is 17.4 Å². The van der Waals surface area contributed by atoms with E-state index in [1.54, 1.807) is 11.8 Å². The number of carboxylic acid groups (broad SMARTS) is 1. The van der Waals surface area contributed by atoms with E-state index in [0.717, 1.165) is 12.8 Å². The van der Waals surface area contributed by atoms with Crippen LogP contribution in [0.4, 0.5) is 4.79 Å². The molecule has 5 N–H and O–H groups in total. The number of aliphatic hydroxyl groups is 1. The van der Waals surface area contributed by atoms with Gasteiger partial charge in [0.05, 0.1) is 12.1 Å². The smallest absolute Gasteiger partial charge is 0.312 e. The number of hydrogen-bond donors (Lipinski definition) is 4. The summed E-state index contributed by atoms with van der Waals surface area (Å²) in [5.74, 6) is -0.147. The Morgan fingerprint density at radius 2 is 2.12 bits per heavy atom. The molecule has 98 valence electrons. The molecule has 1 rings (SSSR count). The fraction of sp³-hybridized carbons (Fsp3) is 0.800. The predicted octanol–water partition coefficient (Wildman–Crippen LogP) is 0.145. The second-order valence-electron chi connectivity index (χ2n) is 4.12. The molecule has 0 aromatic carbocycles. The zero-order valence-corrected chi connectivity index (χ0v) is 10.3. The maximum absolute atomic E-state index is 10.7. The highest BCUT2D eigenvalue weighted by Crippen LogP contribution is 2.31. The van der Waals surface area contributed by atoms with Crippen LogP contribution >= 0.6 is 11.8 Å². The highest BCUT2D eigenvalue weighted by atomic mass is 32.2. The minimum absolute atomic E-state index is 0.0562. The molecule has 0 unspecified atom stereocenters. The average molecular weight is 262 g/mol. The van der Waals surface area contributed by atoms with Gasteiger partial charge in [-0.15, -0.1) is 0 Å². The van der Waals surface area contributed by atoms with Crippen LogP contribution in [0.25, 0.3) is 0 Å². The molecule has 3 atom stereocenters. The van der Waals surface area contributed by atoms with E-state index >= 15 is 0 Å². The summed E-state index contributed by atoms with van der Waals surface area (Å²) in [7, 11) is 0. The van der Waals surface area contributed by atoms with Crippen LogP contribution in [0.1, 0.15) is 25.7 Å². The molecule has 1 heterocycles. The van der Waals surface area contributed by atoms with Crippen LogP contribution in [-0.2, 0) is 4.79 Å². The van der Waals surface area contributed by atoms with Crippen LogP contribution in [0.15, 0.2) is 0 Å². The number of carboxylic acids is 1. The molecule has 7 heteroatoms. The van der Waals surface area contributed by atoms with E-state index in [4.69, 9.17) is 10.8 Å². The Morgan fingerprint density at radius 3 is 2.71 bits per heavy atom. The third-order valence-corrected chi connectivity index (χ3v) is 4.23. The van der Waals surface area contributed by atoms with Crippen molar-refractivity contribution in [1.29, 1.82) is 0 Å². The molecule has 0 aromatic rings. The first-order chi connectivity index (χ1) is 8.00. The third kappa shape index (κ3) is 4.82. The number of amides is 2. The Labute approximate surface area is 104 Å². The van der Waals surface area contributed by atoms with Crippen molar-refractivity contribution in [2.45, 2.75) is 43.1 Å². The fourth-order valence-electron chi connectivity index (χ4n) is 1.87. The van der Waals surface area contributed by atoms with Gasteiger partial charge in [-0.25, -0.2) is 4.79 Å². The van der Waals surface area contributed by atoms with E-state index in [1.807, 2.05) is 0 Å². The summed E-state index contributed by atoms with van der Waals surface area (Å²) in [5.41, 5.74) is 5.00. The first kappa shape index (κ1) is 14.1. The number of aliphatic carboxylic acids is 1. The summed E-state index contributed by atoms with van der Waals surface area (Å²) >= 11 is 1.59. The number of carbonyl (C=O) groups is 2. The van der Waals surface area contributed by atoms with Gasteiger partial charge in [-0.1, -0.05) is 6.42 Å². The summed E-state index contributed by atoms with van der Waals surface area (Å²) in [4.78, 5) is 21.0. The Kier molecular flexibility index (Phi) is 5.57. The van der Waals surface area contributed by atoms with Gasteiger partial charge in [0.1, 0.15) is 0 Å². The summed E-state index contributed by atoms with van der Waals surface area (Å²) < 4.78 is 0. The Balaban J connectivity index is 2.22. The number of nitrogens with two attached hydrogens (primary N) is 1. The Bertz CT molecular complexity index is 287. The number of unbranched alkanes of at least 4 members (excludes halogenated alkanes) is 1. The van der Waals surface area contributed by atoms with Crippen molar-refractivity contribution in [3.8, 4) is 0 Å². The first-order valence-corrected chi connectivity index (χ1v) is 6.63. The molecule has 0 radical (unpaired) electrons. The number of hydrogen-bond acceptors (Lipinski definition) is 4. The largest absolute Gasteiger partial charge is 0.481 e. The quantitative estimate of drug-likeness (QED) is 0.509. The molecule has 0 aromatic heterocycles. The van der Waals surface area contributed by atoms with E-state index in [1.165, 1.54) is 0 Å². The van der Waals surface area contributed by atoms with E-state index in [0.29, 0.717) is 12.2 Å². The molecular weight excluding hydrogens is 244 g/mol. The molecule has 0 spiro atoms. The van der Waals surface area contributed by atoms with Gasteiger partial charge < -0.3 is 21.3 Å². The van der Waals surface area contributed by atoms with Gasteiger partial charge in [-0.05, 0) is 12.8 Å². The van der Waals surface area contributed by atoms with Crippen molar-refractivity contribution in [2.24, 2.45) is 5.73 Å². The van der Waals surface area contributed by atoms with Crippen LogP contribution in [0.3, 0.4) is 0 Å². The second kappa shape index (κ2) is 6.70. The van der Waals surface area contributed by atoms with Crippen molar-refractivity contribution in [1.82, 2.24) is 5.32 Å². The molecular formula is C10H18N2O4S. The number of thioether (sulfide) groups is 1. The zero-order chi connectivity index (χ0) is 12.8. The molecule has 2 amide bonds. The molecule has 1 aliphatic heterocycles. The lowest BCUT2D eigenvalue weighted by Gasteiger charge is -2.18. The van der Waals surface area contributed by atoms with Crippen LogP contribution in [-0.4, -0.2) is 45.4 Å². The van der Waals surface area contributed by atoms with E-state index in [9.17, 15) is 14.7 Å².